The summed E-state index contributed by atoms with van der Waals surface area (Å²) in [6, 6.07) is 4.62. The van der Waals surface area contributed by atoms with Gasteiger partial charge in [0, 0.05) is 37.3 Å². The van der Waals surface area contributed by atoms with Gasteiger partial charge in [-0.25, -0.2) is 4.99 Å². The minimum absolute atomic E-state index is 0.00729. The van der Waals surface area contributed by atoms with Crippen molar-refractivity contribution in [2.45, 2.75) is 43.8 Å². The lowest BCUT2D eigenvalue weighted by Gasteiger charge is -2.30. The Morgan fingerprint density at radius 2 is 1.92 bits per heavy atom. The number of rotatable bonds is 11. The third-order valence-corrected chi connectivity index (χ3v) is 5.78. The highest BCUT2D eigenvalue weighted by Crippen LogP contribution is 2.12. The van der Waals surface area contributed by atoms with Gasteiger partial charge in [-0.3, -0.25) is 34.8 Å². The van der Waals surface area contributed by atoms with Crippen LogP contribution in [0, 0.1) is 0 Å². The Kier molecular flexibility index (Phi) is 10.7. The van der Waals surface area contributed by atoms with E-state index in [9.17, 15) is 24.3 Å². The average Bonchev–Trinajstić information content (AvgIpc) is 2.86. The molecule has 0 fully saturated rings. The van der Waals surface area contributed by atoms with Crippen LogP contribution in [0.15, 0.2) is 34.3 Å². The van der Waals surface area contributed by atoms with Gasteiger partial charge in [0.15, 0.2) is 5.96 Å². The summed E-state index contributed by atoms with van der Waals surface area (Å²) in [5.41, 5.74) is 21.4. The lowest BCUT2D eigenvalue weighted by Crippen LogP contribution is -2.57. The Morgan fingerprint density at radius 1 is 1.26 bits per heavy atom. The summed E-state index contributed by atoms with van der Waals surface area (Å²) in [6.45, 7) is 1.22. The van der Waals surface area contributed by atoms with E-state index in [4.69, 9.17) is 22.9 Å². The molecule has 2 rings (SSSR count). The van der Waals surface area contributed by atoms with Crippen LogP contribution in [0.3, 0.4) is 0 Å². The Hall–Kier alpha value is -4.08. The summed E-state index contributed by atoms with van der Waals surface area (Å²) in [5, 5.41) is 16.7. The summed E-state index contributed by atoms with van der Waals surface area (Å²) < 4.78 is 0. The maximum Gasteiger partial charge on any atom is 0.257 e. The van der Waals surface area contributed by atoms with Gasteiger partial charge in [-0.1, -0.05) is 0 Å². The van der Waals surface area contributed by atoms with Crippen LogP contribution < -0.4 is 38.9 Å². The number of nitrogens with zero attached hydrogens (tertiary/aromatic N) is 3. The number of anilines is 1. The number of aliphatic hydroxyl groups excluding tert-OH is 1. The van der Waals surface area contributed by atoms with Crippen LogP contribution in [0.5, 0.6) is 0 Å². The molecule has 208 valence electrons. The fraction of sp³-hybridized carbons (Fsp3) is 0.478. The summed E-state index contributed by atoms with van der Waals surface area (Å²) in [5.74, 6) is -2.00. The summed E-state index contributed by atoms with van der Waals surface area (Å²) in [6.07, 6.45) is 1.18. The molecule has 1 aromatic rings. The van der Waals surface area contributed by atoms with Crippen LogP contribution >= 0.6 is 0 Å². The van der Waals surface area contributed by atoms with Gasteiger partial charge in [0.1, 0.15) is 11.6 Å². The van der Waals surface area contributed by atoms with Gasteiger partial charge in [-0.05, 0) is 44.0 Å². The van der Waals surface area contributed by atoms with E-state index in [1.165, 1.54) is 43.1 Å². The smallest absolute Gasteiger partial charge is 0.257 e. The molecule has 3 atom stereocenters. The van der Waals surface area contributed by atoms with Crippen molar-refractivity contribution >= 4 is 41.2 Å². The van der Waals surface area contributed by atoms with E-state index in [2.05, 4.69) is 25.9 Å². The fourth-order valence-corrected chi connectivity index (χ4v) is 3.31. The molecule has 0 aromatic heterocycles. The molecule has 0 radical (unpaired) electrons. The second kappa shape index (κ2) is 13.5. The third-order valence-electron chi connectivity index (χ3n) is 5.78. The van der Waals surface area contributed by atoms with Crippen molar-refractivity contribution in [2.75, 3.05) is 32.1 Å². The minimum atomic E-state index is -1.45. The quantitative estimate of drug-likeness (QED) is 0.0827. The minimum Gasteiger partial charge on any atom is -0.394 e. The monoisotopic (exact) mass is 532 g/mol. The first-order chi connectivity index (χ1) is 17.8. The molecule has 15 nitrogen and oxygen atoms in total. The molecule has 1 unspecified atom stereocenters. The molecule has 0 aliphatic carbocycles. The number of amides is 4. The Balaban J connectivity index is 1.88. The molecule has 0 saturated carbocycles. The molecule has 1 aliphatic heterocycles. The molecule has 1 aliphatic rings. The third kappa shape index (κ3) is 8.79. The number of likely N-dealkylation sites (N-methyl/N-ethyl adjacent to an activating group) is 1. The van der Waals surface area contributed by atoms with E-state index >= 15 is 0 Å². The Morgan fingerprint density at radius 3 is 2.50 bits per heavy atom. The van der Waals surface area contributed by atoms with Gasteiger partial charge in [-0.15, -0.1) is 0 Å². The Bertz CT molecular complexity index is 1080. The standard InChI is InChI=1S/C23H36N10O5/c1-23(27,12-34)20(38)30-15-7-5-13(6-8-15)18(36)31-22-29-11-16(19(37)32-22)33(2)17(35)10-14(24)4-3-9-28-21(25)26/h5-8,14,16,34H,3-4,9-12,24,27H2,1-2H3,(H,30,38)(H4,25,26,28)(H2,29,31,32,36,37)/t14-,16?,23-/m0/s1. The molecule has 1 aromatic carbocycles. The molecule has 0 saturated heterocycles. The highest BCUT2D eigenvalue weighted by molar-refractivity contribution is 6.11. The number of nitrogens with one attached hydrogen (secondary N) is 3. The van der Waals surface area contributed by atoms with Crippen molar-refractivity contribution in [2.24, 2.45) is 32.9 Å². The number of carbonyl (C=O) groups is 4. The first-order valence-electron chi connectivity index (χ1n) is 11.9. The molecule has 0 spiro atoms. The number of hydrogen-bond acceptors (Lipinski definition) is 9. The second-order valence-corrected chi connectivity index (χ2v) is 9.17. The van der Waals surface area contributed by atoms with Crippen LogP contribution in [0.25, 0.3) is 0 Å². The maximum atomic E-state index is 12.6. The SMILES string of the molecule is CN(C(=O)C[C@@H](N)CCCN=C(N)N)C1CN=C(NC(=O)c2ccc(NC(=O)[C@@](C)(N)CO)cc2)NC1=O. The molecular weight excluding hydrogens is 496 g/mol. The second-order valence-electron chi connectivity index (χ2n) is 9.17. The number of aliphatic imine (C=N–C) groups is 2. The number of guanidine groups is 2. The lowest BCUT2D eigenvalue weighted by molar-refractivity contribution is -0.138. The fourth-order valence-electron chi connectivity index (χ4n) is 3.31. The zero-order chi connectivity index (χ0) is 28.5. The van der Waals surface area contributed by atoms with Crippen LogP contribution in [0.2, 0.25) is 0 Å². The normalized spacial score (nSPS) is 17.2. The topological polar surface area (TPSA) is 257 Å². The van der Waals surface area contributed by atoms with Crippen molar-refractivity contribution < 1.29 is 24.3 Å². The largest absolute Gasteiger partial charge is 0.394 e. The molecule has 1 heterocycles. The first kappa shape index (κ1) is 30.1. The molecular formula is C23H36N10O5. The lowest BCUT2D eigenvalue weighted by atomic mass is 10.0. The molecule has 0 bridgehead atoms. The van der Waals surface area contributed by atoms with Gasteiger partial charge in [-0.2, -0.15) is 0 Å². The van der Waals surface area contributed by atoms with Gasteiger partial charge in [0.25, 0.3) is 11.8 Å². The number of benzene rings is 1. The molecule has 15 heteroatoms. The molecule has 12 N–H and O–H groups in total. The van der Waals surface area contributed by atoms with Crippen LogP contribution in [0.4, 0.5) is 5.69 Å². The van der Waals surface area contributed by atoms with Crippen LogP contribution in [-0.4, -0.2) is 89.9 Å². The van der Waals surface area contributed by atoms with Gasteiger partial charge >= 0.3 is 0 Å². The van der Waals surface area contributed by atoms with E-state index in [0.717, 1.165) is 0 Å². The summed E-state index contributed by atoms with van der Waals surface area (Å²) >= 11 is 0. The zero-order valence-corrected chi connectivity index (χ0v) is 21.4. The van der Waals surface area contributed by atoms with Crippen molar-refractivity contribution in [1.82, 2.24) is 15.5 Å². The average molecular weight is 533 g/mol. The van der Waals surface area contributed by atoms with Gasteiger partial charge in [0.05, 0.1) is 13.2 Å². The molecule has 38 heavy (non-hydrogen) atoms. The van der Waals surface area contributed by atoms with Gasteiger partial charge < -0.3 is 38.3 Å². The zero-order valence-electron chi connectivity index (χ0n) is 21.4. The number of hydrogen-bond donors (Lipinski definition) is 8. The molecule has 4 amide bonds. The first-order valence-corrected chi connectivity index (χ1v) is 11.9. The number of aliphatic hydroxyl groups is 1. The highest BCUT2D eigenvalue weighted by atomic mass is 16.3. The van der Waals surface area contributed by atoms with E-state index in [1.807, 2.05) is 0 Å². The summed E-state index contributed by atoms with van der Waals surface area (Å²) in [7, 11) is 1.49. The van der Waals surface area contributed by atoms with Crippen molar-refractivity contribution in [3.63, 3.8) is 0 Å². The number of carbonyl (C=O) groups excluding carboxylic acids is 4. The van der Waals surface area contributed by atoms with Crippen molar-refractivity contribution in [3.05, 3.63) is 29.8 Å². The van der Waals surface area contributed by atoms with E-state index in [-0.39, 0.29) is 36.4 Å². The van der Waals surface area contributed by atoms with Gasteiger partial charge in [0.2, 0.25) is 17.8 Å². The number of nitrogens with two attached hydrogens (primary N) is 4. The highest BCUT2D eigenvalue weighted by Gasteiger charge is 2.32. The summed E-state index contributed by atoms with van der Waals surface area (Å²) in [4.78, 5) is 59.1. The maximum absolute atomic E-state index is 12.6. The van der Waals surface area contributed by atoms with E-state index in [1.54, 1.807) is 0 Å². The van der Waals surface area contributed by atoms with E-state index in [0.29, 0.717) is 25.1 Å². The Labute approximate surface area is 220 Å². The van der Waals surface area contributed by atoms with E-state index < -0.39 is 42.0 Å². The predicted octanol–water partition coefficient (Wildman–Crippen LogP) is -2.85. The van der Waals surface area contributed by atoms with Crippen molar-refractivity contribution in [1.29, 1.82) is 0 Å². The van der Waals surface area contributed by atoms with Crippen LogP contribution in [0.1, 0.15) is 36.5 Å². The van der Waals surface area contributed by atoms with Crippen LogP contribution in [-0.2, 0) is 14.4 Å². The van der Waals surface area contributed by atoms with Crippen molar-refractivity contribution in [3.8, 4) is 0 Å². The predicted molar refractivity (Wildman–Crippen MR) is 142 cm³/mol.